The van der Waals surface area contributed by atoms with Crippen LogP contribution in [0.15, 0.2) is 0 Å². The fourth-order valence-corrected chi connectivity index (χ4v) is 9.37. The lowest BCUT2D eigenvalue weighted by molar-refractivity contribution is -0.246. The summed E-state index contributed by atoms with van der Waals surface area (Å²) in [5.74, 6) is 2.86. The number of amides is 1. The molecule has 2 bridgehead atoms. The highest BCUT2D eigenvalue weighted by atomic mass is 32.2. The van der Waals surface area contributed by atoms with Crippen molar-refractivity contribution in [3.63, 3.8) is 0 Å². The van der Waals surface area contributed by atoms with Gasteiger partial charge in [-0.25, -0.2) is 0 Å². The molecule has 0 aliphatic heterocycles. The van der Waals surface area contributed by atoms with Gasteiger partial charge in [0.25, 0.3) is 0 Å². The van der Waals surface area contributed by atoms with Crippen molar-refractivity contribution in [1.82, 2.24) is 0 Å². The van der Waals surface area contributed by atoms with E-state index in [9.17, 15) is 9.59 Å². The first-order valence-electron chi connectivity index (χ1n) is 11.1. The number of carbonyl (C=O) groups excluding carboxylic acids is 2. The molecule has 5 heteroatoms. The Labute approximate surface area is 174 Å². The van der Waals surface area contributed by atoms with Crippen LogP contribution in [-0.4, -0.2) is 30.0 Å². The fourth-order valence-electron chi connectivity index (χ4n) is 8.54. The Balaban J connectivity index is 1.75. The van der Waals surface area contributed by atoms with Gasteiger partial charge in [-0.1, -0.05) is 20.3 Å². The lowest BCUT2D eigenvalue weighted by Gasteiger charge is -2.70. The minimum absolute atomic E-state index is 0.0504. The third kappa shape index (κ3) is 2.70. The van der Waals surface area contributed by atoms with Crippen LogP contribution in [0.4, 0.5) is 0 Å². The summed E-state index contributed by atoms with van der Waals surface area (Å²) in [5, 5.41) is 0. The second kappa shape index (κ2) is 6.92. The molecule has 1 spiro atoms. The molecule has 4 nitrogen and oxygen atoms in total. The standard InChI is InChI=1S/C23H37NO3S/c1-14(25)27-19-16(13-28-4)15-6-10-23(19)11-7-17-21(2,18(23)12-15)8-5-9-22(17,3)20(24)26/h15-19H,5-13H2,1-4H3,(H2,24,26)/t15-,16-,17-,18-,19+,21+,22+,23-/m0/s1. The Bertz CT molecular complexity index is 668. The highest BCUT2D eigenvalue weighted by Crippen LogP contribution is 2.72. The van der Waals surface area contributed by atoms with Crippen LogP contribution in [0.1, 0.15) is 72.1 Å². The van der Waals surface area contributed by atoms with E-state index in [4.69, 9.17) is 10.5 Å². The highest BCUT2D eigenvalue weighted by molar-refractivity contribution is 7.98. The third-order valence-electron chi connectivity index (χ3n) is 9.66. The maximum atomic E-state index is 12.5. The summed E-state index contributed by atoms with van der Waals surface area (Å²) in [5.41, 5.74) is 5.79. The van der Waals surface area contributed by atoms with Crippen molar-refractivity contribution in [3.05, 3.63) is 0 Å². The van der Waals surface area contributed by atoms with Crippen LogP contribution in [-0.2, 0) is 14.3 Å². The molecule has 5 saturated carbocycles. The summed E-state index contributed by atoms with van der Waals surface area (Å²) in [6.45, 7) is 6.14. The Kier molecular flexibility index (Phi) is 5.08. The van der Waals surface area contributed by atoms with Crippen LogP contribution in [0.2, 0.25) is 0 Å². The first kappa shape index (κ1) is 20.6. The van der Waals surface area contributed by atoms with Crippen LogP contribution >= 0.6 is 11.8 Å². The minimum atomic E-state index is -0.388. The molecule has 158 valence electrons. The van der Waals surface area contributed by atoms with Gasteiger partial charge in [-0.15, -0.1) is 0 Å². The monoisotopic (exact) mass is 407 g/mol. The van der Waals surface area contributed by atoms with Gasteiger partial charge < -0.3 is 10.5 Å². The lowest BCUT2D eigenvalue weighted by Crippen LogP contribution is -2.68. The number of carbonyl (C=O) groups is 2. The zero-order valence-corrected chi connectivity index (χ0v) is 18.8. The van der Waals surface area contributed by atoms with Crippen molar-refractivity contribution in [2.24, 2.45) is 45.7 Å². The SMILES string of the molecule is CSC[C@H]1[C@H]2CC[C@@]3(CC[C@H]4[C@@](C)(CCC[C@@]4(C)C(N)=O)[C@@H]3C2)[C@@H]1OC(C)=O. The normalized spacial score (nSPS) is 49.8. The second-order valence-corrected chi connectivity index (χ2v) is 11.6. The van der Waals surface area contributed by atoms with Crippen LogP contribution in [0.3, 0.4) is 0 Å². The molecule has 0 radical (unpaired) electrons. The van der Waals surface area contributed by atoms with Crippen molar-refractivity contribution in [3.8, 4) is 0 Å². The third-order valence-corrected chi connectivity index (χ3v) is 10.4. The molecular formula is C23H37NO3S. The van der Waals surface area contributed by atoms with Gasteiger partial charge in [-0.3, -0.25) is 9.59 Å². The molecule has 1 amide bonds. The van der Waals surface area contributed by atoms with Gasteiger partial charge in [0.1, 0.15) is 6.10 Å². The number of hydrogen-bond donors (Lipinski definition) is 1. The van der Waals surface area contributed by atoms with E-state index in [0.29, 0.717) is 23.7 Å². The number of primary amides is 1. The van der Waals surface area contributed by atoms with Gasteiger partial charge in [0, 0.05) is 23.7 Å². The number of rotatable bonds is 4. The van der Waals surface area contributed by atoms with Crippen LogP contribution in [0.5, 0.6) is 0 Å². The van der Waals surface area contributed by atoms with Gasteiger partial charge in [0.15, 0.2) is 0 Å². The summed E-state index contributed by atoms with van der Waals surface area (Å²) in [7, 11) is 0. The van der Waals surface area contributed by atoms with E-state index in [0.717, 1.165) is 31.4 Å². The van der Waals surface area contributed by atoms with Gasteiger partial charge in [-0.05, 0) is 80.1 Å². The number of hydrogen-bond acceptors (Lipinski definition) is 4. The Hall–Kier alpha value is -0.710. The Morgan fingerprint density at radius 1 is 1.11 bits per heavy atom. The van der Waals surface area contributed by atoms with Crippen molar-refractivity contribution < 1.29 is 14.3 Å². The van der Waals surface area contributed by atoms with Crippen LogP contribution < -0.4 is 5.73 Å². The molecule has 0 aromatic rings. The molecule has 0 aromatic heterocycles. The number of thioether (sulfide) groups is 1. The van der Waals surface area contributed by atoms with Crippen LogP contribution in [0.25, 0.3) is 0 Å². The van der Waals surface area contributed by atoms with Crippen molar-refractivity contribution >= 4 is 23.6 Å². The van der Waals surface area contributed by atoms with E-state index in [2.05, 4.69) is 20.1 Å². The summed E-state index contributed by atoms with van der Waals surface area (Å²) in [6, 6.07) is 0. The minimum Gasteiger partial charge on any atom is -0.462 e. The van der Waals surface area contributed by atoms with E-state index in [1.54, 1.807) is 6.92 Å². The smallest absolute Gasteiger partial charge is 0.302 e. The van der Waals surface area contributed by atoms with Crippen molar-refractivity contribution in [2.45, 2.75) is 78.2 Å². The number of esters is 1. The second-order valence-electron chi connectivity index (χ2n) is 10.7. The first-order chi connectivity index (χ1) is 13.2. The number of nitrogens with two attached hydrogens (primary N) is 1. The molecule has 2 N–H and O–H groups in total. The zero-order valence-electron chi connectivity index (χ0n) is 18.0. The van der Waals surface area contributed by atoms with Gasteiger partial charge >= 0.3 is 5.97 Å². The summed E-state index contributed by atoms with van der Waals surface area (Å²) in [4.78, 5) is 24.6. The predicted octanol–water partition coefficient (Wildman–Crippen LogP) is 4.41. The number of fused-ring (bicyclic) bond motifs is 3. The van der Waals surface area contributed by atoms with E-state index in [1.165, 1.54) is 25.7 Å². The van der Waals surface area contributed by atoms with E-state index in [-0.39, 0.29) is 34.2 Å². The average molecular weight is 408 g/mol. The molecule has 5 aliphatic carbocycles. The van der Waals surface area contributed by atoms with Gasteiger partial charge in [-0.2, -0.15) is 11.8 Å². The maximum Gasteiger partial charge on any atom is 0.302 e. The molecular weight excluding hydrogens is 370 g/mol. The molecule has 8 atom stereocenters. The fraction of sp³-hybridized carbons (Fsp3) is 0.913. The molecule has 0 aromatic carbocycles. The maximum absolute atomic E-state index is 12.5. The molecule has 0 saturated heterocycles. The van der Waals surface area contributed by atoms with E-state index >= 15 is 0 Å². The summed E-state index contributed by atoms with van der Waals surface area (Å²) in [6.07, 6.45) is 11.2. The first-order valence-corrected chi connectivity index (χ1v) is 12.5. The quantitative estimate of drug-likeness (QED) is 0.701. The van der Waals surface area contributed by atoms with Gasteiger partial charge in [0.05, 0.1) is 0 Å². The summed E-state index contributed by atoms with van der Waals surface area (Å²) >= 11 is 1.89. The Morgan fingerprint density at radius 2 is 1.82 bits per heavy atom. The molecule has 0 heterocycles. The molecule has 0 unspecified atom stereocenters. The zero-order chi connectivity index (χ0) is 20.3. The summed E-state index contributed by atoms with van der Waals surface area (Å²) < 4.78 is 6.13. The van der Waals surface area contributed by atoms with Crippen LogP contribution in [0, 0.1) is 39.9 Å². The van der Waals surface area contributed by atoms with E-state index < -0.39 is 0 Å². The lowest BCUT2D eigenvalue weighted by atomic mass is 9.35. The molecule has 5 aliphatic rings. The van der Waals surface area contributed by atoms with E-state index in [1.807, 2.05) is 11.8 Å². The topological polar surface area (TPSA) is 69.4 Å². The average Bonchev–Trinajstić information content (AvgIpc) is 2.63. The molecule has 5 fully saturated rings. The molecule has 28 heavy (non-hydrogen) atoms. The van der Waals surface area contributed by atoms with Gasteiger partial charge in [0.2, 0.25) is 5.91 Å². The largest absolute Gasteiger partial charge is 0.462 e. The van der Waals surface area contributed by atoms with Crippen molar-refractivity contribution in [2.75, 3.05) is 12.0 Å². The number of ether oxygens (including phenoxy) is 1. The highest BCUT2D eigenvalue weighted by Gasteiger charge is 2.69. The van der Waals surface area contributed by atoms with Crippen molar-refractivity contribution in [1.29, 1.82) is 0 Å². The molecule has 5 rings (SSSR count). The Morgan fingerprint density at radius 3 is 2.46 bits per heavy atom. The predicted molar refractivity (Wildman–Crippen MR) is 113 cm³/mol.